The third-order valence-corrected chi connectivity index (χ3v) is 19.4. The molecule has 0 saturated heterocycles. The van der Waals surface area contributed by atoms with Gasteiger partial charge in [0.05, 0.1) is 26.4 Å². The second-order valence-corrected chi connectivity index (χ2v) is 30.9. The summed E-state index contributed by atoms with van der Waals surface area (Å²) in [6, 6.07) is 0. The number of unbranched alkanes of at least 4 members (excludes halogenated alkanes) is 44. The summed E-state index contributed by atoms with van der Waals surface area (Å²) < 4.78 is 68.5. The van der Waals surface area contributed by atoms with Crippen molar-refractivity contribution in [2.24, 2.45) is 11.8 Å². The van der Waals surface area contributed by atoms with Crippen LogP contribution in [-0.4, -0.2) is 96.7 Å². The molecule has 0 saturated carbocycles. The molecule has 0 aliphatic rings. The zero-order chi connectivity index (χ0) is 69.3. The number of hydrogen-bond donors (Lipinski definition) is 3. The summed E-state index contributed by atoms with van der Waals surface area (Å²) in [4.78, 5) is 72.8. The van der Waals surface area contributed by atoms with Crippen LogP contribution in [0.4, 0.5) is 0 Å². The first-order valence-corrected chi connectivity index (χ1v) is 42.0. The van der Waals surface area contributed by atoms with Gasteiger partial charge in [0, 0.05) is 25.7 Å². The molecule has 0 aliphatic heterocycles. The number of phosphoric acid groups is 2. The maximum atomic E-state index is 13.1. The highest BCUT2D eigenvalue weighted by Crippen LogP contribution is 2.45. The van der Waals surface area contributed by atoms with Crippen molar-refractivity contribution in [3.63, 3.8) is 0 Å². The van der Waals surface area contributed by atoms with Crippen LogP contribution in [0.5, 0.6) is 0 Å². The number of ether oxygens (including phenoxy) is 4. The Kier molecular flexibility index (Phi) is 65.5. The van der Waals surface area contributed by atoms with Gasteiger partial charge in [0.1, 0.15) is 19.3 Å². The van der Waals surface area contributed by atoms with Crippen LogP contribution < -0.4 is 0 Å². The van der Waals surface area contributed by atoms with Crippen molar-refractivity contribution in [3.05, 3.63) is 0 Å². The van der Waals surface area contributed by atoms with Crippen molar-refractivity contribution in [1.82, 2.24) is 0 Å². The van der Waals surface area contributed by atoms with Gasteiger partial charge in [-0.2, -0.15) is 0 Å². The number of esters is 4. The average molecular weight is 1380 g/mol. The molecule has 0 heterocycles. The fourth-order valence-corrected chi connectivity index (χ4v) is 13.1. The van der Waals surface area contributed by atoms with Gasteiger partial charge in [-0.05, 0) is 37.5 Å². The molecule has 19 heteroatoms. The van der Waals surface area contributed by atoms with Gasteiger partial charge in [0.2, 0.25) is 0 Å². The van der Waals surface area contributed by atoms with Crippen LogP contribution in [0.15, 0.2) is 0 Å². The summed E-state index contributed by atoms with van der Waals surface area (Å²) in [5.74, 6) is -0.593. The Hall–Kier alpha value is -1.94. The molecule has 0 bridgehead atoms. The summed E-state index contributed by atoms with van der Waals surface area (Å²) in [5.41, 5.74) is 0. The largest absolute Gasteiger partial charge is 0.472 e. The fraction of sp³-hybridized carbons (Fsp3) is 0.947. The fourth-order valence-electron chi connectivity index (χ4n) is 11.5. The summed E-state index contributed by atoms with van der Waals surface area (Å²) in [6.07, 6.45) is 54.0. The van der Waals surface area contributed by atoms with Crippen molar-refractivity contribution in [1.29, 1.82) is 0 Å². The summed E-state index contributed by atoms with van der Waals surface area (Å²) in [5, 5.41) is 10.6. The van der Waals surface area contributed by atoms with E-state index in [9.17, 15) is 43.2 Å². The zero-order valence-corrected chi connectivity index (χ0v) is 63.1. The first-order valence-electron chi connectivity index (χ1n) is 39.0. The minimum absolute atomic E-state index is 0.107. The van der Waals surface area contributed by atoms with E-state index in [2.05, 4.69) is 41.5 Å². The van der Waals surface area contributed by atoms with E-state index in [0.717, 1.165) is 102 Å². The third kappa shape index (κ3) is 68.6. The van der Waals surface area contributed by atoms with Crippen molar-refractivity contribution in [2.45, 2.75) is 407 Å². The lowest BCUT2D eigenvalue weighted by atomic mass is 10.0. The lowest BCUT2D eigenvalue weighted by Crippen LogP contribution is -2.30. The molecule has 558 valence electrons. The van der Waals surface area contributed by atoms with Crippen LogP contribution in [0.1, 0.15) is 388 Å². The Labute approximate surface area is 575 Å². The van der Waals surface area contributed by atoms with Gasteiger partial charge in [-0.15, -0.1) is 0 Å². The molecule has 0 spiro atoms. The zero-order valence-electron chi connectivity index (χ0n) is 61.3. The number of aliphatic hydroxyl groups excluding tert-OH is 1. The monoisotopic (exact) mass is 1380 g/mol. The van der Waals surface area contributed by atoms with Crippen molar-refractivity contribution in [3.8, 4) is 0 Å². The molecule has 0 aliphatic carbocycles. The lowest BCUT2D eigenvalue weighted by molar-refractivity contribution is -0.161. The van der Waals surface area contributed by atoms with E-state index >= 15 is 0 Å². The number of hydrogen-bond acceptors (Lipinski definition) is 15. The van der Waals surface area contributed by atoms with Crippen LogP contribution in [-0.2, 0) is 65.4 Å². The Morgan fingerprint density at radius 2 is 0.489 bits per heavy atom. The van der Waals surface area contributed by atoms with Gasteiger partial charge in [0.15, 0.2) is 12.2 Å². The molecular weight excluding hydrogens is 1230 g/mol. The Balaban J connectivity index is 5.25. The van der Waals surface area contributed by atoms with Gasteiger partial charge < -0.3 is 33.8 Å². The quantitative estimate of drug-likeness (QED) is 0.0222. The molecule has 17 nitrogen and oxygen atoms in total. The van der Waals surface area contributed by atoms with E-state index in [-0.39, 0.29) is 25.7 Å². The summed E-state index contributed by atoms with van der Waals surface area (Å²) in [7, 11) is -9.91. The SMILES string of the molecule is CCCCCCCCCCCCCCCCC(=O)OC[C@H](COP(=O)(O)OC[C@@H](O)COP(=O)(O)OC[C@@H](COC(=O)CCCCCCCCCCC(C)C)OC(=O)CCCCCCCCCCCCCC)OC(=O)CCCCCCCCCCCCCCCCC(C)C. The van der Waals surface area contributed by atoms with Crippen LogP contribution in [0, 0.1) is 11.8 Å². The third-order valence-electron chi connectivity index (χ3n) is 17.5. The minimum atomic E-state index is -4.96. The first kappa shape index (κ1) is 92.1. The van der Waals surface area contributed by atoms with Gasteiger partial charge in [-0.25, -0.2) is 9.13 Å². The molecule has 0 rings (SSSR count). The highest BCUT2D eigenvalue weighted by atomic mass is 31.2. The normalized spacial score (nSPS) is 14.0. The molecule has 0 radical (unpaired) electrons. The van der Waals surface area contributed by atoms with Crippen molar-refractivity contribution >= 4 is 39.5 Å². The molecule has 0 aromatic rings. The van der Waals surface area contributed by atoms with Crippen molar-refractivity contribution in [2.75, 3.05) is 39.6 Å². The summed E-state index contributed by atoms with van der Waals surface area (Å²) >= 11 is 0. The molecular formula is C75H146O17P2. The van der Waals surface area contributed by atoms with Crippen LogP contribution in [0.25, 0.3) is 0 Å². The molecule has 0 amide bonds. The number of phosphoric ester groups is 2. The van der Waals surface area contributed by atoms with Gasteiger partial charge >= 0.3 is 39.5 Å². The summed E-state index contributed by atoms with van der Waals surface area (Å²) in [6.45, 7) is 9.58. The molecule has 0 aromatic heterocycles. The topological polar surface area (TPSA) is 237 Å². The van der Waals surface area contributed by atoms with Gasteiger partial charge in [0.25, 0.3) is 0 Å². The molecule has 3 N–H and O–H groups in total. The molecule has 94 heavy (non-hydrogen) atoms. The first-order chi connectivity index (χ1) is 45.4. The van der Waals surface area contributed by atoms with E-state index in [4.69, 9.17) is 37.0 Å². The second-order valence-electron chi connectivity index (χ2n) is 28.0. The molecule has 0 fully saturated rings. The highest BCUT2D eigenvalue weighted by molar-refractivity contribution is 7.47. The predicted molar refractivity (Wildman–Crippen MR) is 381 cm³/mol. The smallest absolute Gasteiger partial charge is 0.462 e. The maximum absolute atomic E-state index is 13.1. The minimum Gasteiger partial charge on any atom is -0.462 e. The van der Waals surface area contributed by atoms with E-state index in [1.54, 1.807) is 0 Å². The average Bonchev–Trinajstić information content (AvgIpc) is 2.49. The number of carbonyl (C=O) groups is 4. The Bertz CT molecular complexity index is 1820. The van der Waals surface area contributed by atoms with Crippen LogP contribution in [0.3, 0.4) is 0 Å². The molecule has 0 aromatic carbocycles. The second kappa shape index (κ2) is 66.9. The number of aliphatic hydroxyl groups is 1. The predicted octanol–water partition coefficient (Wildman–Crippen LogP) is 21.9. The maximum Gasteiger partial charge on any atom is 0.472 e. The van der Waals surface area contributed by atoms with E-state index < -0.39 is 97.5 Å². The highest BCUT2D eigenvalue weighted by Gasteiger charge is 2.30. The van der Waals surface area contributed by atoms with Crippen LogP contribution >= 0.6 is 15.6 Å². The van der Waals surface area contributed by atoms with Crippen LogP contribution in [0.2, 0.25) is 0 Å². The Morgan fingerprint density at radius 3 is 0.723 bits per heavy atom. The van der Waals surface area contributed by atoms with E-state index in [1.807, 2.05) is 0 Å². The van der Waals surface area contributed by atoms with E-state index in [0.29, 0.717) is 25.7 Å². The van der Waals surface area contributed by atoms with Gasteiger partial charge in [-0.3, -0.25) is 37.3 Å². The number of rotatable bonds is 74. The van der Waals surface area contributed by atoms with Gasteiger partial charge in [-0.1, -0.05) is 337 Å². The lowest BCUT2D eigenvalue weighted by Gasteiger charge is -2.21. The Morgan fingerprint density at radius 1 is 0.287 bits per heavy atom. The molecule has 2 unspecified atom stereocenters. The standard InChI is InChI=1S/C75H146O17P2/c1-7-9-11-13-15-17-19-21-25-29-32-39-45-51-57-72(77)85-63-70(91-75(80)60-54-48-42-34-30-26-23-22-24-27-31-37-43-49-55-67(3)4)65-89-93(81,82)87-61-69(76)62-88-94(83,84)90-66-71(64-86-73(78)58-52-46-40-36-35-38-44-50-56-68(5)6)92-74(79)59-53-47-41-33-28-20-18-16-14-12-10-8-2/h67-71,76H,7-66H2,1-6H3,(H,81,82)(H,83,84)/t69-,70-,71-/m1/s1. The molecule has 5 atom stereocenters. The van der Waals surface area contributed by atoms with Crippen molar-refractivity contribution < 1.29 is 80.2 Å². The van der Waals surface area contributed by atoms with E-state index in [1.165, 1.54) is 205 Å². The number of carbonyl (C=O) groups excluding carboxylic acids is 4.